The van der Waals surface area contributed by atoms with Gasteiger partial charge in [0.1, 0.15) is 0 Å². The molecular formula is C10H19N3. The van der Waals surface area contributed by atoms with E-state index < -0.39 is 0 Å². The minimum Gasteiger partial charge on any atom is -0.308 e. The normalized spacial score (nSPS) is 24.6. The van der Waals surface area contributed by atoms with Crippen LogP contribution in [0.15, 0.2) is 0 Å². The molecule has 0 amide bonds. The summed E-state index contributed by atoms with van der Waals surface area (Å²) in [5.41, 5.74) is 0. The topological polar surface area (TPSA) is 30.3 Å². The Morgan fingerprint density at radius 2 is 2.31 bits per heavy atom. The summed E-state index contributed by atoms with van der Waals surface area (Å²) in [5, 5.41) is 8.80. The Balaban J connectivity index is 2.23. The van der Waals surface area contributed by atoms with Crippen LogP contribution in [0.5, 0.6) is 0 Å². The highest BCUT2D eigenvalue weighted by Gasteiger charge is 2.18. The van der Waals surface area contributed by atoms with Crippen LogP contribution in [0.1, 0.15) is 12.8 Å². The van der Waals surface area contributed by atoms with Crippen molar-refractivity contribution in [2.24, 2.45) is 5.92 Å². The van der Waals surface area contributed by atoms with Crippen LogP contribution in [0.2, 0.25) is 0 Å². The number of rotatable bonds is 3. The molecule has 1 fully saturated rings. The van der Waals surface area contributed by atoms with Crippen LogP contribution >= 0.6 is 0 Å². The minimum atomic E-state index is 0.274. The van der Waals surface area contributed by atoms with Gasteiger partial charge in [-0.3, -0.25) is 0 Å². The third-order valence-electron chi connectivity index (χ3n) is 2.55. The maximum atomic E-state index is 8.80. The molecule has 1 aliphatic rings. The van der Waals surface area contributed by atoms with E-state index in [4.69, 9.17) is 5.26 Å². The molecule has 0 saturated carbocycles. The van der Waals surface area contributed by atoms with Crippen molar-refractivity contribution >= 4 is 0 Å². The van der Waals surface area contributed by atoms with Gasteiger partial charge in [0, 0.05) is 19.6 Å². The number of piperidine rings is 1. The van der Waals surface area contributed by atoms with E-state index in [-0.39, 0.29) is 5.92 Å². The standard InChI is InChI=1S/C10H19N3/c1-12(2)6-7-13-5-3-4-10(8-11)9-13/h10H,3-7,9H2,1-2H3. The lowest BCUT2D eigenvalue weighted by Gasteiger charge is -2.30. The zero-order valence-corrected chi connectivity index (χ0v) is 8.66. The van der Waals surface area contributed by atoms with Crippen LogP contribution in [0.4, 0.5) is 0 Å². The monoisotopic (exact) mass is 181 g/mol. The summed E-state index contributed by atoms with van der Waals surface area (Å²) in [6, 6.07) is 2.37. The highest BCUT2D eigenvalue weighted by Crippen LogP contribution is 2.14. The van der Waals surface area contributed by atoms with Crippen LogP contribution in [0.25, 0.3) is 0 Å². The van der Waals surface area contributed by atoms with E-state index in [1.54, 1.807) is 0 Å². The molecule has 3 nitrogen and oxygen atoms in total. The molecule has 0 radical (unpaired) electrons. The summed E-state index contributed by atoms with van der Waals surface area (Å²) in [4.78, 5) is 4.59. The number of likely N-dealkylation sites (N-methyl/N-ethyl adjacent to an activating group) is 1. The van der Waals surface area contributed by atoms with E-state index in [2.05, 4.69) is 30.0 Å². The second kappa shape index (κ2) is 5.21. The minimum absolute atomic E-state index is 0.274. The lowest BCUT2D eigenvalue weighted by molar-refractivity contribution is 0.183. The number of likely N-dealkylation sites (tertiary alicyclic amines) is 1. The van der Waals surface area contributed by atoms with Gasteiger partial charge in [0.15, 0.2) is 0 Å². The van der Waals surface area contributed by atoms with E-state index in [1.165, 1.54) is 13.0 Å². The molecule has 1 rings (SSSR count). The molecule has 0 aromatic carbocycles. The second-order valence-corrected chi connectivity index (χ2v) is 4.07. The van der Waals surface area contributed by atoms with Gasteiger partial charge in [-0.05, 0) is 33.5 Å². The molecule has 0 aliphatic carbocycles. The summed E-state index contributed by atoms with van der Waals surface area (Å²) < 4.78 is 0. The Morgan fingerprint density at radius 1 is 1.54 bits per heavy atom. The van der Waals surface area contributed by atoms with Crippen LogP contribution in [-0.2, 0) is 0 Å². The van der Waals surface area contributed by atoms with Crippen LogP contribution < -0.4 is 0 Å². The van der Waals surface area contributed by atoms with Gasteiger partial charge >= 0.3 is 0 Å². The summed E-state index contributed by atoms with van der Waals surface area (Å²) >= 11 is 0. The predicted molar refractivity (Wildman–Crippen MR) is 53.3 cm³/mol. The fourth-order valence-corrected chi connectivity index (χ4v) is 1.71. The molecular weight excluding hydrogens is 162 g/mol. The van der Waals surface area contributed by atoms with Gasteiger partial charge < -0.3 is 9.80 Å². The Bertz CT molecular complexity index is 183. The third-order valence-corrected chi connectivity index (χ3v) is 2.55. The Morgan fingerprint density at radius 3 is 2.92 bits per heavy atom. The van der Waals surface area contributed by atoms with Crippen molar-refractivity contribution in [3.05, 3.63) is 0 Å². The van der Waals surface area contributed by atoms with Gasteiger partial charge in [-0.1, -0.05) is 0 Å². The molecule has 0 aromatic heterocycles. The molecule has 1 heterocycles. The molecule has 0 N–H and O–H groups in total. The highest BCUT2D eigenvalue weighted by molar-refractivity contribution is 4.88. The SMILES string of the molecule is CN(C)CCN1CCCC(C#N)C1. The largest absolute Gasteiger partial charge is 0.308 e. The van der Waals surface area contributed by atoms with Crippen molar-refractivity contribution < 1.29 is 0 Å². The first-order valence-electron chi connectivity index (χ1n) is 4.99. The summed E-state index contributed by atoms with van der Waals surface area (Å²) in [7, 11) is 4.18. The van der Waals surface area contributed by atoms with Gasteiger partial charge in [-0.25, -0.2) is 0 Å². The second-order valence-electron chi connectivity index (χ2n) is 4.07. The zero-order chi connectivity index (χ0) is 9.68. The van der Waals surface area contributed by atoms with E-state index in [9.17, 15) is 0 Å². The quantitative estimate of drug-likeness (QED) is 0.644. The molecule has 74 valence electrons. The number of nitrogens with zero attached hydrogens (tertiary/aromatic N) is 3. The molecule has 3 heteroatoms. The maximum absolute atomic E-state index is 8.80. The average Bonchev–Trinajstić information content (AvgIpc) is 2.15. The molecule has 1 unspecified atom stereocenters. The summed E-state index contributed by atoms with van der Waals surface area (Å²) in [5.74, 6) is 0.274. The van der Waals surface area contributed by atoms with E-state index in [0.717, 1.165) is 26.1 Å². The lowest BCUT2D eigenvalue weighted by Crippen LogP contribution is -2.38. The van der Waals surface area contributed by atoms with Crippen molar-refractivity contribution in [1.29, 1.82) is 5.26 Å². The first-order chi connectivity index (χ1) is 6.22. The van der Waals surface area contributed by atoms with Crippen LogP contribution in [-0.4, -0.2) is 50.1 Å². The molecule has 0 spiro atoms. The molecule has 0 bridgehead atoms. The molecule has 1 aliphatic heterocycles. The predicted octanol–water partition coefficient (Wildman–Crippen LogP) is 0.784. The Labute approximate surface area is 80.9 Å². The van der Waals surface area contributed by atoms with Crippen molar-refractivity contribution in [2.45, 2.75) is 12.8 Å². The number of hydrogen-bond donors (Lipinski definition) is 0. The lowest BCUT2D eigenvalue weighted by atomic mass is 10.00. The Kier molecular flexibility index (Phi) is 4.20. The summed E-state index contributed by atoms with van der Waals surface area (Å²) in [6.45, 7) is 4.35. The summed E-state index contributed by atoms with van der Waals surface area (Å²) in [6.07, 6.45) is 2.28. The zero-order valence-electron chi connectivity index (χ0n) is 8.66. The maximum Gasteiger partial charge on any atom is 0.0669 e. The van der Waals surface area contributed by atoms with Crippen molar-refractivity contribution in [2.75, 3.05) is 40.3 Å². The van der Waals surface area contributed by atoms with E-state index >= 15 is 0 Å². The smallest absolute Gasteiger partial charge is 0.0669 e. The number of hydrogen-bond acceptors (Lipinski definition) is 3. The fourth-order valence-electron chi connectivity index (χ4n) is 1.71. The van der Waals surface area contributed by atoms with E-state index in [1.807, 2.05) is 0 Å². The first kappa shape index (κ1) is 10.5. The van der Waals surface area contributed by atoms with Gasteiger partial charge in [-0.15, -0.1) is 0 Å². The van der Waals surface area contributed by atoms with Gasteiger partial charge in [-0.2, -0.15) is 5.26 Å². The molecule has 13 heavy (non-hydrogen) atoms. The van der Waals surface area contributed by atoms with Crippen LogP contribution in [0.3, 0.4) is 0 Å². The Hall–Kier alpha value is -0.590. The average molecular weight is 181 g/mol. The molecule has 1 saturated heterocycles. The van der Waals surface area contributed by atoms with Crippen molar-refractivity contribution in [3.8, 4) is 6.07 Å². The van der Waals surface area contributed by atoms with E-state index in [0.29, 0.717) is 0 Å². The van der Waals surface area contributed by atoms with Gasteiger partial charge in [0.25, 0.3) is 0 Å². The molecule has 1 atom stereocenters. The van der Waals surface area contributed by atoms with Crippen molar-refractivity contribution in [1.82, 2.24) is 9.80 Å². The highest BCUT2D eigenvalue weighted by atomic mass is 15.2. The first-order valence-corrected chi connectivity index (χ1v) is 4.99. The number of nitriles is 1. The van der Waals surface area contributed by atoms with Crippen molar-refractivity contribution in [3.63, 3.8) is 0 Å². The van der Waals surface area contributed by atoms with Gasteiger partial charge in [0.2, 0.25) is 0 Å². The fraction of sp³-hybridized carbons (Fsp3) is 0.900. The van der Waals surface area contributed by atoms with Gasteiger partial charge in [0.05, 0.1) is 12.0 Å². The third kappa shape index (κ3) is 3.75. The van der Waals surface area contributed by atoms with Crippen LogP contribution in [0, 0.1) is 17.2 Å². The molecule has 0 aromatic rings.